The van der Waals surface area contributed by atoms with E-state index in [1.165, 1.54) is 9.80 Å². The molecule has 262 valence electrons. The SMILES string of the molecule is C=CCCC(=O)N[C@H](C)[C@@H](OC(=O)[C@H]1[C@@H]2O[C@@]3(CC2Br)[C@@H]1C(=O)N([C@H](C)CO)[C@@H]3C(=O)N(CC=C)c1c(C)cccc1Cl)c1ccccc1. The summed E-state index contributed by atoms with van der Waals surface area (Å²) in [5.74, 6) is -3.95. The number of esters is 1. The molecule has 3 fully saturated rings. The van der Waals surface area contributed by atoms with E-state index in [0.29, 0.717) is 22.7 Å². The number of aryl methyl sites for hydroxylation is 1. The number of carbonyl (C=O) groups is 4. The van der Waals surface area contributed by atoms with Crippen LogP contribution in [0, 0.1) is 18.8 Å². The van der Waals surface area contributed by atoms with E-state index in [-0.39, 0.29) is 30.1 Å². The number of nitrogens with one attached hydrogen (secondary N) is 1. The number of allylic oxidation sites excluding steroid dienone is 1. The van der Waals surface area contributed by atoms with E-state index in [1.54, 1.807) is 50.3 Å². The Kier molecular flexibility index (Phi) is 11.4. The fraction of sp³-hybridized carbons (Fsp3) is 0.459. The summed E-state index contributed by atoms with van der Waals surface area (Å²) in [6, 6.07) is 11.8. The van der Waals surface area contributed by atoms with Gasteiger partial charge in [0.1, 0.15) is 17.7 Å². The molecule has 5 rings (SSSR count). The van der Waals surface area contributed by atoms with Crippen LogP contribution in [0.25, 0.3) is 0 Å². The van der Waals surface area contributed by atoms with Gasteiger partial charge in [-0.25, -0.2) is 0 Å². The molecule has 2 aromatic rings. The fourth-order valence-corrected chi connectivity index (χ4v) is 8.92. The number of hydrogen-bond donors (Lipinski definition) is 2. The fourth-order valence-electron chi connectivity index (χ4n) is 7.65. The van der Waals surface area contributed by atoms with E-state index < -0.39 is 72.2 Å². The lowest BCUT2D eigenvalue weighted by Crippen LogP contribution is -2.59. The number of fused-ring (bicyclic) bond motifs is 1. The molecule has 0 aliphatic carbocycles. The first-order valence-corrected chi connectivity index (χ1v) is 17.8. The molecule has 12 heteroatoms. The minimum Gasteiger partial charge on any atom is -0.455 e. The summed E-state index contributed by atoms with van der Waals surface area (Å²) in [6.07, 6.45) is 2.58. The van der Waals surface area contributed by atoms with Crippen molar-refractivity contribution in [2.45, 2.75) is 80.8 Å². The third-order valence-corrected chi connectivity index (χ3v) is 10.9. The minimum atomic E-state index is -1.40. The highest BCUT2D eigenvalue weighted by molar-refractivity contribution is 9.09. The van der Waals surface area contributed by atoms with E-state index in [9.17, 15) is 24.3 Å². The highest BCUT2D eigenvalue weighted by Crippen LogP contribution is 2.61. The molecule has 3 amide bonds. The predicted molar refractivity (Wildman–Crippen MR) is 190 cm³/mol. The molecule has 1 spiro atoms. The summed E-state index contributed by atoms with van der Waals surface area (Å²) in [4.78, 5) is 58.9. The van der Waals surface area contributed by atoms with Gasteiger partial charge in [-0.1, -0.05) is 82.1 Å². The highest BCUT2D eigenvalue weighted by atomic mass is 79.9. The van der Waals surface area contributed by atoms with Gasteiger partial charge < -0.3 is 29.7 Å². The first-order chi connectivity index (χ1) is 23.4. The molecular weight excluding hydrogens is 714 g/mol. The third kappa shape index (κ3) is 6.70. The van der Waals surface area contributed by atoms with Crippen molar-refractivity contribution in [1.29, 1.82) is 0 Å². The molecule has 2 aromatic carbocycles. The maximum Gasteiger partial charge on any atom is 0.313 e. The molecular formula is C37H43BrClN3O7. The first-order valence-electron chi connectivity index (χ1n) is 16.5. The molecule has 1 unspecified atom stereocenters. The van der Waals surface area contributed by atoms with Crippen molar-refractivity contribution in [2.75, 3.05) is 18.1 Å². The summed E-state index contributed by atoms with van der Waals surface area (Å²) in [5.41, 5.74) is 0.489. The maximum atomic E-state index is 14.8. The van der Waals surface area contributed by atoms with Crippen LogP contribution in [-0.2, 0) is 28.7 Å². The number of nitrogens with zero attached hydrogens (tertiary/aromatic N) is 2. The van der Waals surface area contributed by atoms with Gasteiger partial charge >= 0.3 is 5.97 Å². The Morgan fingerprint density at radius 2 is 1.90 bits per heavy atom. The van der Waals surface area contributed by atoms with Gasteiger partial charge in [0.2, 0.25) is 11.8 Å². The second kappa shape index (κ2) is 15.2. The Labute approximate surface area is 300 Å². The smallest absolute Gasteiger partial charge is 0.313 e. The van der Waals surface area contributed by atoms with Crippen LogP contribution in [0.2, 0.25) is 5.02 Å². The molecule has 2 N–H and O–H groups in total. The van der Waals surface area contributed by atoms with Crippen LogP contribution in [0.3, 0.4) is 0 Å². The van der Waals surface area contributed by atoms with Crippen molar-refractivity contribution in [2.24, 2.45) is 11.8 Å². The van der Waals surface area contributed by atoms with E-state index in [1.807, 2.05) is 31.2 Å². The van der Waals surface area contributed by atoms with Crippen LogP contribution in [-0.4, -0.2) is 81.5 Å². The predicted octanol–water partition coefficient (Wildman–Crippen LogP) is 5.05. The van der Waals surface area contributed by atoms with Gasteiger partial charge in [0, 0.05) is 17.8 Å². The number of rotatable bonds is 14. The first kappa shape index (κ1) is 36.8. The number of benzene rings is 2. The van der Waals surface area contributed by atoms with Crippen molar-refractivity contribution in [1.82, 2.24) is 10.2 Å². The molecule has 49 heavy (non-hydrogen) atoms. The summed E-state index contributed by atoms with van der Waals surface area (Å²) >= 11 is 10.3. The van der Waals surface area contributed by atoms with E-state index in [2.05, 4.69) is 34.4 Å². The summed E-state index contributed by atoms with van der Waals surface area (Å²) in [7, 11) is 0. The zero-order chi connectivity index (χ0) is 35.6. The zero-order valence-corrected chi connectivity index (χ0v) is 30.2. The van der Waals surface area contributed by atoms with Gasteiger partial charge in [0.15, 0.2) is 0 Å². The van der Waals surface area contributed by atoms with Crippen LogP contribution in [0.15, 0.2) is 73.8 Å². The van der Waals surface area contributed by atoms with Crippen molar-refractivity contribution in [3.05, 3.63) is 90.0 Å². The number of aliphatic hydroxyl groups is 1. The molecule has 2 bridgehead atoms. The van der Waals surface area contributed by atoms with Crippen LogP contribution in [0.5, 0.6) is 0 Å². The lowest BCUT2D eigenvalue weighted by atomic mass is 9.70. The van der Waals surface area contributed by atoms with Crippen LogP contribution >= 0.6 is 27.5 Å². The van der Waals surface area contributed by atoms with Gasteiger partial charge in [0.25, 0.3) is 5.91 Å². The molecule has 3 aliphatic heterocycles. The molecule has 9 atom stereocenters. The van der Waals surface area contributed by atoms with E-state index in [4.69, 9.17) is 21.1 Å². The van der Waals surface area contributed by atoms with Crippen LogP contribution in [0.1, 0.15) is 50.3 Å². The van der Waals surface area contributed by atoms with Gasteiger partial charge in [-0.15, -0.1) is 13.2 Å². The number of ether oxygens (including phenoxy) is 2. The Hall–Kier alpha value is -3.51. The molecule has 0 saturated carbocycles. The van der Waals surface area contributed by atoms with E-state index >= 15 is 0 Å². The van der Waals surface area contributed by atoms with Crippen LogP contribution in [0.4, 0.5) is 5.69 Å². The minimum absolute atomic E-state index is 0.0952. The van der Waals surface area contributed by atoms with Gasteiger partial charge in [-0.3, -0.25) is 19.2 Å². The van der Waals surface area contributed by atoms with Crippen molar-refractivity contribution in [3.63, 3.8) is 0 Å². The van der Waals surface area contributed by atoms with Crippen molar-refractivity contribution >= 4 is 56.9 Å². The largest absolute Gasteiger partial charge is 0.455 e. The summed E-state index contributed by atoms with van der Waals surface area (Å²) < 4.78 is 12.9. The van der Waals surface area contributed by atoms with Gasteiger partial charge in [-0.05, 0) is 50.8 Å². The molecule has 3 heterocycles. The van der Waals surface area contributed by atoms with Crippen LogP contribution < -0.4 is 10.2 Å². The third-order valence-electron chi connectivity index (χ3n) is 9.80. The number of hydrogen-bond acceptors (Lipinski definition) is 7. The number of carbonyl (C=O) groups excluding carboxylic acids is 4. The van der Waals surface area contributed by atoms with E-state index in [0.717, 1.165) is 5.56 Å². The molecule has 0 radical (unpaired) electrons. The average Bonchev–Trinajstić information content (AvgIpc) is 3.68. The number of anilines is 1. The summed E-state index contributed by atoms with van der Waals surface area (Å²) in [5, 5.41) is 13.6. The number of aliphatic hydroxyl groups excluding tert-OH is 1. The highest BCUT2D eigenvalue weighted by Gasteiger charge is 2.77. The number of para-hydroxylation sites is 1. The molecule has 10 nitrogen and oxygen atoms in total. The second-order valence-electron chi connectivity index (χ2n) is 13.0. The Bertz CT molecular complexity index is 1590. The Morgan fingerprint density at radius 1 is 1.18 bits per heavy atom. The molecule has 0 aromatic heterocycles. The lowest BCUT2D eigenvalue weighted by Gasteiger charge is -2.39. The normalized spacial score (nSPS) is 27.2. The summed E-state index contributed by atoms with van der Waals surface area (Å²) in [6.45, 7) is 12.4. The van der Waals surface area contributed by atoms with Crippen molar-refractivity contribution in [3.8, 4) is 0 Å². The lowest BCUT2D eigenvalue weighted by molar-refractivity contribution is -0.162. The average molecular weight is 757 g/mol. The zero-order valence-electron chi connectivity index (χ0n) is 27.9. The number of alkyl halides is 1. The standard InChI is InChI=1S/C37H43BrClN3O7/c1-6-8-17-27(44)40-23(5)31(24-14-10-9-11-15-24)48-36(47)28-29-34(45)42(22(4)20-43)33(37(29)19-25(38)32(28)49-37)35(46)41(18-7-2)30-21(3)13-12-16-26(30)39/h6-7,9-16,22-23,25,28-29,31-33,43H,1-2,8,17-20H2,3-5H3,(H,40,44)/t22-,23-,25?,28-,29+,31-,32-,33-,37+/m1/s1. The van der Waals surface area contributed by atoms with Gasteiger partial charge in [0.05, 0.1) is 47.3 Å². The monoisotopic (exact) mass is 755 g/mol. The molecule has 3 saturated heterocycles. The number of halogens is 2. The molecule has 3 aliphatic rings. The van der Waals surface area contributed by atoms with Crippen molar-refractivity contribution < 1.29 is 33.8 Å². The Balaban J connectivity index is 1.53. The topological polar surface area (TPSA) is 125 Å². The Morgan fingerprint density at radius 3 is 2.53 bits per heavy atom. The van der Waals surface area contributed by atoms with Gasteiger partial charge in [-0.2, -0.15) is 0 Å². The quantitative estimate of drug-likeness (QED) is 0.157. The second-order valence-corrected chi connectivity index (χ2v) is 14.6. The maximum absolute atomic E-state index is 14.8. The number of amides is 3. The number of likely N-dealkylation sites (tertiary alicyclic amines) is 1.